The summed E-state index contributed by atoms with van der Waals surface area (Å²) in [6, 6.07) is 6.00. The highest BCUT2D eigenvalue weighted by Crippen LogP contribution is 2.32. The van der Waals surface area contributed by atoms with Crippen molar-refractivity contribution < 1.29 is 14.6 Å². The van der Waals surface area contributed by atoms with Gasteiger partial charge in [-0.1, -0.05) is 6.07 Å². The van der Waals surface area contributed by atoms with E-state index in [1.807, 2.05) is 19.1 Å². The monoisotopic (exact) mass is 236 g/mol. The summed E-state index contributed by atoms with van der Waals surface area (Å²) >= 11 is 0. The molecule has 0 heterocycles. The summed E-state index contributed by atoms with van der Waals surface area (Å²) in [7, 11) is 0. The SMILES string of the molecule is CCOCCOc1ccc2c(c1)[C@H](O)CCC2. The first-order chi connectivity index (χ1) is 8.31. The molecule has 1 atom stereocenters. The van der Waals surface area contributed by atoms with Crippen LogP contribution in [0.5, 0.6) is 5.75 Å². The van der Waals surface area contributed by atoms with E-state index in [4.69, 9.17) is 9.47 Å². The Morgan fingerprint density at radius 3 is 3.06 bits per heavy atom. The second-order valence-corrected chi connectivity index (χ2v) is 4.31. The van der Waals surface area contributed by atoms with E-state index >= 15 is 0 Å². The van der Waals surface area contributed by atoms with Crippen molar-refractivity contribution in [1.82, 2.24) is 0 Å². The minimum atomic E-state index is -0.325. The van der Waals surface area contributed by atoms with Crippen LogP contribution in [-0.2, 0) is 11.2 Å². The molecule has 0 amide bonds. The molecule has 0 aliphatic heterocycles. The fourth-order valence-electron chi connectivity index (χ4n) is 2.20. The third-order valence-corrected chi connectivity index (χ3v) is 3.10. The summed E-state index contributed by atoms with van der Waals surface area (Å²) in [5.41, 5.74) is 2.28. The third-order valence-electron chi connectivity index (χ3n) is 3.10. The molecule has 0 saturated heterocycles. The summed E-state index contributed by atoms with van der Waals surface area (Å²) in [4.78, 5) is 0. The average Bonchev–Trinajstić information content (AvgIpc) is 2.36. The van der Waals surface area contributed by atoms with Gasteiger partial charge in [0.1, 0.15) is 12.4 Å². The summed E-state index contributed by atoms with van der Waals surface area (Å²) in [6.45, 7) is 3.85. The van der Waals surface area contributed by atoms with Gasteiger partial charge in [0, 0.05) is 6.61 Å². The predicted molar refractivity (Wildman–Crippen MR) is 66.3 cm³/mol. The van der Waals surface area contributed by atoms with Crippen LogP contribution >= 0.6 is 0 Å². The lowest BCUT2D eigenvalue weighted by Crippen LogP contribution is -2.10. The molecule has 0 bridgehead atoms. The molecular weight excluding hydrogens is 216 g/mol. The summed E-state index contributed by atoms with van der Waals surface area (Å²) in [5.74, 6) is 0.824. The van der Waals surface area contributed by atoms with Crippen LogP contribution in [0.1, 0.15) is 37.0 Å². The fourth-order valence-corrected chi connectivity index (χ4v) is 2.20. The zero-order valence-corrected chi connectivity index (χ0v) is 10.3. The Hall–Kier alpha value is -1.06. The number of rotatable bonds is 5. The van der Waals surface area contributed by atoms with Crippen LogP contribution in [0.3, 0.4) is 0 Å². The number of hydrogen-bond donors (Lipinski definition) is 1. The maximum atomic E-state index is 9.92. The van der Waals surface area contributed by atoms with Gasteiger partial charge in [-0.3, -0.25) is 0 Å². The molecule has 3 nitrogen and oxygen atoms in total. The van der Waals surface area contributed by atoms with Gasteiger partial charge in [0.05, 0.1) is 12.7 Å². The molecule has 1 aromatic carbocycles. The molecule has 0 fully saturated rings. The normalized spacial score (nSPS) is 18.8. The van der Waals surface area contributed by atoms with Gasteiger partial charge in [-0.15, -0.1) is 0 Å². The van der Waals surface area contributed by atoms with Gasteiger partial charge >= 0.3 is 0 Å². The van der Waals surface area contributed by atoms with Crippen molar-refractivity contribution in [2.45, 2.75) is 32.3 Å². The van der Waals surface area contributed by atoms with Crippen LogP contribution in [0.4, 0.5) is 0 Å². The third kappa shape index (κ3) is 3.20. The Morgan fingerprint density at radius 2 is 2.24 bits per heavy atom. The number of aliphatic hydroxyl groups is 1. The number of aryl methyl sites for hydroxylation is 1. The number of fused-ring (bicyclic) bond motifs is 1. The fraction of sp³-hybridized carbons (Fsp3) is 0.571. The molecule has 0 spiro atoms. The van der Waals surface area contributed by atoms with Crippen molar-refractivity contribution in [2.75, 3.05) is 19.8 Å². The Balaban J connectivity index is 1.97. The number of hydrogen-bond acceptors (Lipinski definition) is 3. The van der Waals surface area contributed by atoms with Gasteiger partial charge in [-0.2, -0.15) is 0 Å². The standard InChI is InChI=1S/C14H20O3/c1-2-16-8-9-17-12-7-6-11-4-3-5-14(15)13(11)10-12/h6-7,10,14-15H,2-5,8-9H2,1H3/t14-/m1/s1. The highest BCUT2D eigenvalue weighted by molar-refractivity contribution is 5.38. The number of benzene rings is 1. The molecule has 1 aromatic rings. The minimum absolute atomic E-state index is 0.325. The van der Waals surface area contributed by atoms with Crippen molar-refractivity contribution in [2.24, 2.45) is 0 Å². The van der Waals surface area contributed by atoms with E-state index in [0.717, 1.165) is 30.6 Å². The molecule has 2 rings (SSSR count). The first-order valence-electron chi connectivity index (χ1n) is 6.32. The quantitative estimate of drug-likeness (QED) is 0.798. The molecule has 0 saturated carbocycles. The zero-order chi connectivity index (χ0) is 12.1. The predicted octanol–water partition coefficient (Wildman–Crippen LogP) is 2.47. The molecule has 1 N–H and O–H groups in total. The van der Waals surface area contributed by atoms with Crippen molar-refractivity contribution >= 4 is 0 Å². The van der Waals surface area contributed by atoms with Crippen LogP contribution in [-0.4, -0.2) is 24.9 Å². The zero-order valence-electron chi connectivity index (χ0n) is 10.3. The molecule has 3 heteroatoms. The summed E-state index contributed by atoms with van der Waals surface area (Å²) < 4.78 is 10.8. The first kappa shape index (κ1) is 12.4. The molecule has 1 aliphatic carbocycles. The van der Waals surface area contributed by atoms with Crippen LogP contribution in [0.2, 0.25) is 0 Å². The maximum absolute atomic E-state index is 9.92. The smallest absolute Gasteiger partial charge is 0.119 e. The largest absolute Gasteiger partial charge is 0.491 e. The van der Waals surface area contributed by atoms with Crippen LogP contribution in [0.15, 0.2) is 18.2 Å². The van der Waals surface area contributed by atoms with Crippen molar-refractivity contribution in [1.29, 1.82) is 0 Å². The Bertz CT molecular complexity index is 362. The van der Waals surface area contributed by atoms with Gasteiger partial charge in [-0.25, -0.2) is 0 Å². The van der Waals surface area contributed by atoms with Gasteiger partial charge in [0.15, 0.2) is 0 Å². The Kier molecular flexibility index (Phi) is 4.40. The Labute approximate surface area is 102 Å². The van der Waals surface area contributed by atoms with E-state index in [1.165, 1.54) is 5.56 Å². The topological polar surface area (TPSA) is 38.7 Å². The van der Waals surface area contributed by atoms with Crippen molar-refractivity contribution in [3.8, 4) is 5.75 Å². The molecular formula is C14H20O3. The molecule has 1 aliphatic rings. The lowest BCUT2D eigenvalue weighted by molar-refractivity contribution is 0.110. The Morgan fingerprint density at radius 1 is 1.35 bits per heavy atom. The molecule has 0 unspecified atom stereocenters. The van der Waals surface area contributed by atoms with E-state index in [0.29, 0.717) is 19.8 Å². The van der Waals surface area contributed by atoms with Crippen LogP contribution in [0.25, 0.3) is 0 Å². The maximum Gasteiger partial charge on any atom is 0.119 e. The van der Waals surface area contributed by atoms with E-state index < -0.39 is 0 Å². The molecule has 17 heavy (non-hydrogen) atoms. The van der Waals surface area contributed by atoms with Gasteiger partial charge in [0.25, 0.3) is 0 Å². The number of aliphatic hydroxyl groups excluding tert-OH is 1. The second-order valence-electron chi connectivity index (χ2n) is 4.31. The minimum Gasteiger partial charge on any atom is -0.491 e. The average molecular weight is 236 g/mol. The van der Waals surface area contributed by atoms with E-state index in [9.17, 15) is 5.11 Å². The van der Waals surface area contributed by atoms with E-state index in [2.05, 4.69) is 6.07 Å². The van der Waals surface area contributed by atoms with E-state index in [1.54, 1.807) is 0 Å². The van der Waals surface area contributed by atoms with Crippen molar-refractivity contribution in [3.05, 3.63) is 29.3 Å². The van der Waals surface area contributed by atoms with Crippen molar-refractivity contribution in [3.63, 3.8) is 0 Å². The summed E-state index contributed by atoms with van der Waals surface area (Å²) in [5, 5.41) is 9.92. The highest BCUT2D eigenvalue weighted by Gasteiger charge is 2.18. The van der Waals surface area contributed by atoms with Gasteiger partial charge in [-0.05, 0) is 49.4 Å². The first-order valence-corrected chi connectivity index (χ1v) is 6.32. The summed E-state index contributed by atoms with van der Waals surface area (Å²) in [6.07, 6.45) is 2.66. The second kappa shape index (κ2) is 6.03. The van der Waals surface area contributed by atoms with Crippen LogP contribution in [0, 0.1) is 0 Å². The van der Waals surface area contributed by atoms with Gasteiger partial charge < -0.3 is 14.6 Å². The molecule has 0 aromatic heterocycles. The lowest BCUT2D eigenvalue weighted by Gasteiger charge is -2.21. The molecule has 0 radical (unpaired) electrons. The molecule has 94 valence electrons. The van der Waals surface area contributed by atoms with E-state index in [-0.39, 0.29) is 6.10 Å². The van der Waals surface area contributed by atoms with Gasteiger partial charge in [0.2, 0.25) is 0 Å². The van der Waals surface area contributed by atoms with Crippen LogP contribution < -0.4 is 4.74 Å². The number of ether oxygens (including phenoxy) is 2. The lowest BCUT2D eigenvalue weighted by atomic mass is 9.89. The highest BCUT2D eigenvalue weighted by atomic mass is 16.5.